The first-order valence-corrected chi connectivity index (χ1v) is 9.35. The van der Waals surface area contributed by atoms with Crippen molar-refractivity contribution < 1.29 is 9.47 Å². The van der Waals surface area contributed by atoms with Crippen LogP contribution in [0, 0.1) is 6.92 Å². The molecule has 0 heterocycles. The Balaban J connectivity index is 1.71. The molecule has 0 spiro atoms. The van der Waals surface area contributed by atoms with Gasteiger partial charge in [-0.15, -0.1) is 0 Å². The van der Waals surface area contributed by atoms with E-state index in [2.05, 4.69) is 24.4 Å². The number of methoxy groups -OCH3 is 1. The van der Waals surface area contributed by atoms with Crippen LogP contribution in [0.3, 0.4) is 0 Å². The van der Waals surface area contributed by atoms with Crippen LogP contribution in [0.15, 0.2) is 60.7 Å². The molecule has 0 radical (unpaired) electrons. The fourth-order valence-electron chi connectivity index (χ4n) is 2.71. The first-order chi connectivity index (χ1) is 13.0. The lowest BCUT2D eigenvalue weighted by atomic mass is 10.1. The Hall–Kier alpha value is -2.36. The van der Waals surface area contributed by atoms with E-state index in [-0.39, 0.29) is 0 Å². The molecule has 0 saturated carbocycles. The van der Waals surface area contributed by atoms with Crippen molar-refractivity contribution in [3.05, 3.63) is 87.4 Å². The molecular weight excluding hydrogens is 381 g/mol. The summed E-state index contributed by atoms with van der Waals surface area (Å²) in [4.78, 5) is 0. The van der Waals surface area contributed by atoms with Gasteiger partial charge >= 0.3 is 0 Å². The van der Waals surface area contributed by atoms with Crippen molar-refractivity contribution >= 4 is 28.9 Å². The van der Waals surface area contributed by atoms with Gasteiger partial charge in [-0.1, -0.05) is 53.0 Å². The third-order valence-corrected chi connectivity index (χ3v) is 4.74. The Morgan fingerprint density at radius 2 is 1.70 bits per heavy atom. The van der Waals surface area contributed by atoms with Gasteiger partial charge in [-0.25, -0.2) is 0 Å². The highest BCUT2D eigenvalue weighted by molar-refractivity contribution is 6.31. The number of hydrogen-bond acceptors (Lipinski definition) is 3. The minimum Gasteiger partial charge on any atom is -0.493 e. The molecule has 3 aromatic carbocycles. The average molecular weight is 402 g/mol. The number of aryl methyl sites for hydroxylation is 1. The van der Waals surface area contributed by atoms with Crippen LogP contribution in [0.2, 0.25) is 10.0 Å². The van der Waals surface area contributed by atoms with Crippen molar-refractivity contribution in [1.82, 2.24) is 0 Å². The summed E-state index contributed by atoms with van der Waals surface area (Å²) < 4.78 is 11.4. The molecule has 1 N–H and O–H groups in total. The van der Waals surface area contributed by atoms with Gasteiger partial charge in [0, 0.05) is 28.3 Å². The van der Waals surface area contributed by atoms with Crippen LogP contribution < -0.4 is 14.8 Å². The van der Waals surface area contributed by atoms with Crippen molar-refractivity contribution in [2.45, 2.75) is 20.1 Å². The lowest BCUT2D eigenvalue weighted by molar-refractivity contribution is 0.284. The molecule has 0 bridgehead atoms. The highest BCUT2D eigenvalue weighted by Crippen LogP contribution is 2.34. The summed E-state index contributed by atoms with van der Waals surface area (Å²) in [6, 6.07) is 19.4. The molecule has 0 fully saturated rings. The SMILES string of the molecule is COc1cc(CNc2ccc(Cl)cc2)c(Cl)cc1OCc1cccc(C)c1. The summed E-state index contributed by atoms with van der Waals surface area (Å²) in [5, 5.41) is 4.65. The van der Waals surface area contributed by atoms with E-state index in [1.165, 1.54) is 5.56 Å². The van der Waals surface area contributed by atoms with Crippen molar-refractivity contribution in [2.75, 3.05) is 12.4 Å². The van der Waals surface area contributed by atoms with Gasteiger partial charge in [0.15, 0.2) is 11.5 Å². The number of hydrogen-bond donors (Lipinski definition) is 1. The molecule has 5 heteroatoms. The standard InChI is InChI=1S/C22H21Cl2NO2/c1-15-4-3-5-16(10-15)14-27-22-12-20(24)17(11-21(22)26-2)13-25-19-8-6-18(23)7-9-19/h3-12,25H,13-14H2,1-2H3. The lowest BCUT2D eigenvalue weighted by Gasteiger charge is -2.15. The summed E-state index contributed by atoms with van der Waals surface area (Å²) in [7, 11) is 1.62. The fourth-order valence-corrected chi connectivity index (χ4v) is 3.06. The second kappa shape index (κ2) is 9.03. The highest BCUT2D eigenvalue weighted by Gasteiger charge is 2.11. The second-order valence-corrected chi connectivity index (χ2v) is 7.08. The summed E-state index contributed by atoms with van der Waals surface area (Å²) in [6.07, 6.45) is 0. The molecule has 3 aromatic rings. The zero-order valence-corrected chi connectivity index (χ0v) is 16.8. The topological polar surface area (TPSA) is 30.5 Å². The van der Waals surface area contributed by atoms with Crippen LogP contribution in [0.25, 0.3) is 0 Å². The normalized spacial score (nSPS) is 10.5. The number of ether oxygens (including phenoxy) is 2. The zero-order valence-electron chi connectivity index (χ0n) is 15.3. The van der Waals surface area contributed by atoms with Crippen LogP contribution in [0.5, 0.6) is 11.5 Å². The van der Waals surface area contributed by atoms with Gasteiger partial charge in [-0.3, -0.25) is 0 Å². The van der Waals surface area contributed by atoms with E-state index >= 15 is 0 Å². The smallest absolute Gasteiger partial charge is 0.163 e. The number of nitrogens with one attached hydrogen (secondary N) is 1. The van der Waals surface area contributed by atoms with Gasteiger partial charge in [0.2, 0.25) is 0 Å². The summed E-state index contributed by atoms with van der Waals surface area (Å²) in [5.41, 5.74) is 4.19. The van der Waals surface area contributed by atoms with Gasteiger partial charge in [0.05, 0.1) is 7.11 Å². The van der Waals surface area contributed by atoms with Crippen LogP contribution in [0.1, 0.15) is 16.7 Å². The molecule has 0 atom stereocenters. The molecular formula is C22H21Cl2NO2. The Morgan fingerprint density at radius 3 is 2.41 bits per heavy atom. The molecule has 0 unspecified atom stereocenters. The number of benzene rings is 3. The lowest BCUT2D eigenvalue weighted by Crippen LogP contribution is -2.03. The van der Waals surface area contributed by atoms with E-state index in [9.17, 15) is 0 Å². The van der Waals surface area contributed by atoms with Crippen molar-refractivity contribution in [2.24, 2.45) is 0 Å². The molecule has 0 saturated heterocycles. The van der Waals surface area contributed by atoms with Crippen LogP contribution >= 0.6 is 23.2 Å². The van der Waals surface area contributed by atoms with Crippen LogP contribution in [0.4, 0.5) is 5.69 Å². The summed E-state index contributed by atoms with van der Waals surface area (Å²) >= 11 is 12.4. The minimum atomic E-state index is 0.455. The molecule has 0 aliphatic heterocycles. The van der Waals surface area contributed by atoms with E-state index in [1.807, 2.05) is 42.5 Å². The number of rotatable bonds is 7. The largest absolute Gasteiger partial charge is 0.493 e. The highest BCUT2D eigenvalue weighted by atomic mass is 35.5. The van der Waals surface area contributed by atoms with E-state index in [0.717, 1.165) is 16.8 Å². The van der Waals surface area contributed by atoms with Crippen LogP contribution in [-0.2, 0) is 13.2 Å². The maximum absolute atomic E-state index is 6.46. The van der Waals surface area contributed by atoms with E-state index in [0.29, 0.717) is 34.7 Å². The predicted octanol–water partition coefficient (Wildman–Crippen LogP) is 6.50. The van der Waals surface area contributed by atoms with Gasteiger partial charge < -0.3 is 14.8 Å². The van der Waals surface area contributed by atoms with E-state index < -0.39 is 0 Å². The van der Waals surface area contributed by atoms with Crippen LogP contribution in [-0.4, -0.2) is 7.11 Å². The molecule has 3 nitrogen and oxygen atoms in total. The molecule has 3 rings (SSSR count). The Kier molecular flexibility index (Phi) is 6.49. The molecule has 0 aliphatic carbocycles. The zero-order chi connectivity index (χ0) is 19.2. The third kappa shape index (κ3) is 5.31. The Labute approximate surface area is 169 Å². The first-order valence-electron chi connectivity index (χ1n) is 8.59. The van der Waals surface area contributed by atoms with Crippen molar-refractivity contribution in [3.63, 3.8) is 0 Å². The first kappa shape index (κ1) is 19.4. The maximum Gasteiger partial charge on any atom is 0.163 e. The van der Waals surface area contributed by atoms with Crippen molar-refractivity contribution in [3.8, 4) is 11.5 Å². The molecule has 0 aliphatic rings. The predicted molar refractivity (Wildman–Crippen MR) is 112 cm³/mol. The van der Waals surface area contributed by atoms with Crippen molar-refractivity contribution in [1.29, 1.82) is 0 Å². The third-order valence-electron chi connectivity index (χ3n) is 4.14. The van der Waals surface area contributed by atoms with Gasteiger partial charge in [0.25, 0.3) is 0 Å². The summed E-state index contributed by atoms with van der Waals surface area (Å²) in [5.74, 6) is 1.28. The fraction of sp³-hybridized carbons (Fsp3) is 0.182. The molecule has 140 valence electrons. The van der Waals surface area contributed by atoms with Gasteiger partial charge in [-0.05, 0) is 48.4 Å². The Morgan fingerprint density at radius 1 is 0.926 bits per heavy atom. The second-order valence-electron chi connectivity index (χ2n) is 6.23. The molecule has 27 heavy (non-hydrogen) atoms. The Bertz CT molecular complexity index is 911. The number of halogens is 2. The quantitative estimate of drug-likeness (QED) is 0.489. The monoisotopic (exact) mass is 401 g/mol. The molecule has 0 aromatic heterocycles. The maximum atomic E-state index is 6.46. The molecule has 0 amide bonds. The minimum absolute atomic E-state index is 0.455. The van der Waals surface area contributed by atoms with E-state index in [4.69, 9.17) is 32.7 Å². The summed E-state index contributed by atoms with van der Waals surface area (Å²) in [6.45, 7) is 3.08. The van der Waals surface area contributed by atoms with Gasteiger partial charge in [0.1, 0.15) is 6.61 Å². The van der Waals surface area contributed by atoms with Gasteiger partial charge in [-0.2, -0.15) is 0 Å². The van der Waals surface area contributed by atoms with E-state index in [1.54, 1.807) is 13.2 Å². The number of anilines is 1. The average Bonchev–Trinajstić information content (AvgIpc) is 2.67.